The molecule has 0 unspecified atom stereocenters. The van der Waals surface area contributed by atoms with Gasteiger partial charge in [-0.1, -0.05) is 0 Å². The smallest absolute Gasteiger partial charge is 0.219 e. The van der Waals surface area contributed by atoms with Crippen LogP contribution in [0, 0.1) is 0 Å². The minimum atomic E-state index is 0.192. The Balaban J connectivity index is 1.77. The van der Waals surface area contributed by atoms with Crippen LogP contribution in [-0.2, 0) is 17.9 Å². The van der Waals surface area contributed by atoms with Crippen LogP contribution in [0.5, 0.6) is 0 Å². The largest absolute Gasteiger partial charge is 0.343 e. The summed E-state index contributed by atoms with van der Waals surface area (Å²) in [5.74, 6) is 0.192. The van der Waals surface area contributed by atoms with E-state index in [1.165, 1.54) is 5.69 Å². The molecule has 18 heavy (non-hydrogen) atoms. The lowest BCUT2D eigenvalue weighted by atomic mass is 10.1. The van der Waals surface area contributed by atoms with Gasteiger partial charge < -0.3 is 14.8 Å². The Morgan fingerprint density at radius 1 is 1.50 bits per heavy atom. The van der Waals surface area contributed by atoms with Crippen LogP contribution < -0.4 is 5.32 Å². The van der Waals surface area contributed by atoms with Crippen LogP contribution in [0.2, 0.25) is 0 Å². The fourth-order valence-electron chi connectivity index (χ4n) is 2.43. The molecule has 0 bridgehead atoms. The van der Waals surface area contributed by atoms with Gasteiger partial charge in [0.2, 0.25) is 5.91 Å². The van der Waals surface area contributed by atoms with E-state index in [1.54, 1.807) is 6.92 Å². The van der Waals surface area contributed by atoms with Gasteiger partial charge in [0.25, 0.3) is 0 Å². The van der Waals surface area contributed by atoms with E-state index in [1.807, 2.05) is 17.4 Å². The average Bonchev–Trinajstić information content (AvgIpc) is 2.84. The van der Waals surface area contributed by atoms with Gasteiger partial charge in [-0.15, -0.1) is 0 Å². The predicted molar refractivity (Wildman–Crippen MR) is 70.0 cm³/mol. The first kappa shape index (κ1) is 13.1. The van der Waals surface area contributed by atoms with E-state index in [2.05, 4.69) is 21.8 Å². The number of rotatable bonds is 4. The number of hydrogen-bond donors (Lipinski definition) is 1. The van der Waals surface area contributed by atoms with Crippen molar-refractivity contribution in [2.24, 2.45) is 0 Å². The summed E-state index contributed by atoms with van der Waals surface area (Å²) in [6.07, 6.45) is 5.87. The van der Waals surface area contributed by atoms with Gasteiger partial charge in [-0.2, -0.15) is 0 Å². The minimum absolute atomic E-state index is 0.192. The number of amides is 1. The van der Waals surface area contributed by atoms with Crippen LogP contribution in [0.4, 0.5) is 0 Å². The summed E-state index contributed by atoms with van der Waals surface area (Å²) in [5, 5.41) is 3.56. The lowest BCUT2D eigenvalue weighted by molar-refractivity contribution is -0.129. The standard InChI is InChI=1S/C13H22N4O/c1-3-16-10-14-8-13(16)9-15-12-4-6-17(7-5-12)11(2)18/h8,10,12,15H,3-7,9H2,1-2H3. The lowest BCUT2D eigenvalue weighted by Crippen LogP contribution is -2.44. The summed E-state index contributed by atoms with van der Waals surface area (Å²) in [4.78, 5) is 17.3. The third-order valence-corrected chi connectivity index (χ3v) is 3.65. The highest BCUT2D eigenvalue weighted by Gasteiger charge is 2.20. The highest BCUT2D eigenvalue weighted by Crippen LogP contribution is 2.11. The number of nitrogens with one attached hydrogen (secondary N) is 1. The van der Waals surface area contributed by atoms with Crippen molar-refractivity contribution in [2.75, 3.05) is 13.1 Å². The first-order valence-corrected chi connectivity index (χ1v) is 6.68. The zero-order chi connectivity index (χ0) is 13.0. The van der Waals surface area contributed by atoms with Crippen LogP contribution in [0.15, 0.2) is 12.5 Å². The first-order valence-electron chi connectivity index (χ1n) is 6.68. The Bertz CT molecular complexity index is 393. The number of likely N-dealkylation sites (tertiary alicyclic amines) is 1. The molecular formula is C13H22N4O. The quantitative estimate of drug-likeness (QED) is 0.867. The van der Waals surface area contributed by atoms with E-state index in [-0.39, 0.29) is 5.91 Å². The van der Waals surface area contributed by atoms with Gasteiger partial charge in [-0.3, -0.25) is 4.79 Å². The normalized spacial score (nSPS) is 17.1. The van der Waals surface area contributed by atoms with E-state index >= 15 is 0 Å². The Hall–Kier alpha value is -1.36. The summed E-state index contributed by atoms with van der Waals surface area (Å²) >= 11 is 0. The molecule has 1 fully saturated rings. The molecule has 100 valence electrons. The van der Waals surface area contributed by atoms with Crippen LogP contribution in [0.3, 0.4) is 0 Å². The molecule has 0 atom stereocenters. The van der Waals surface area contributed by atoms with E-state index in [9.17, 15) is 4.79 Å². The molecule has 1 aliphatic rings. The molecule has 1 aliphatic heterocycles. The Morgan fingerprint density at radius 2 is 2.22 bits per heavy atom. The van der Waals surface area contributed by atoms with Gasteiger partial charge in [0.15, 0.2) is 0 Å². The summed E-state index contributed by atoms with van der Waals surface area (Å²) in [6, 6.07) is 0.515. The Kier molecular flexibility index (Phi) is 4.36. The second-order valence-corrected chi connectivity index (χ2v) is 4.83. The summed E-state index contributed by atoms with van der Waals surface area (Å²) in [7, 11) is 0. The molecule has 1 aromatic heterocycles. The number of piperidine rings is 1. The molecule has 0 spiro atoms. The van der Waals surface area contributed by atoms with Gasteiger partial charge in [0.05, 0.1) is 12.0 Å². The highest BCUT2D eigenvalue weighted by molar-refractivity contribution is 5.73. The molecule has 5 nitrogen and oxygen atoms in total. The number of hydrogen-bond acceptors (Lipinski definition) is 3. The number of carbonyl (C=O) groups is 1. The molecule has 0 aromatic carbocycles. The molecule has 2 rings (SSSR count). The van der Waals surface area contributed by atoms with E-state index in [0.29, 0.717) is 6.04 Å². The zero-order valence-electron chi connectivity index (χ0n) is 11.2. The molecule has 0 saturated carbocycles. The van der Waals surface area contributed by atoms with Crippen molar-refractivity contribution in [2.45, 2.75) is 45.8 Å². The first-order chi connectivity index (χ1) is 8.70. The van der Waals surface area contributed by atoms with Gasteiger partial charge in [0.1, 0.15) is 0 Å². The molecule has 1 saturated heterocycles. The SMILES string of the molecule is CCn1cncc1CNC1CCN(C(C)=O)CC1. The molecule has 0 aliphatic carbocycles. The number of nitrogens with zero attached hydrogens (tertiary/aromatic N) is 3. The van der Waals surface area contributed by atoms with Gasteiger partial charge in [-0.25, -0.2) is 4.98 Å². The number of aromatic nitrogens is 2. The average molecular weight is 250 g/mol. The summed E-state index contributed by atoms with van der Waals surface area (Å²) < 4.78 is 2.15. The number of carbonyl (C=O) groups excluding carboxylic acids is 1. The Morgan fingerprint density at radius 3 is 2.83 bits per heavy atom. The van der Waals surface area contributed by atoms with E-state index in [0.717, 1.165) is 39.0 Å². The van der Waals surface area contributed by atoms with Gasteiger partial charge in [0, 0.05) is 45.3 Å². The van der Waals surface area contributed by atoms with Gasteiger partial charge >= 0.3 is 0 Å². The van der Waals surface area contributed by atoms with Gasteiger partial charge in [-0.05, 0) is 19.8 Å². The van der Waals surface area contributed by atoms with Crippen LogP contribution in [0.25, 0.3) is 0 Å². The van der Waals surface area contributed by atoms with Crippen LogP contribution in [0.1, 0.15) is 32.4 Å². The van der Waals surface area contributed by atoms with Crippen LogP contribution >= 0.6 is 0 Å². The molecule has 1 amide bonds. The van der Waals surface area contributed by atoms with Crippen LogP contribution in [-0.4, -0.2) is 39.5 Å². The number of aryl methyl sites for hydroxylation is 1. The van der Waals surface area contributed by atoms with Crippen molar-refractivity contribution >= 4 is 5.91 Å². The summed E-state index contributed by atoms with van der Waals surface area (Å²) in [6.45, 7) is 7.34. The second kappa shape index (κ2) is 6.00. The maximum Gasteiger partial charge on any atom is 0.219 e. The third-order valence-electron chi connectivity index (χ3n) is 3.65. The molecule has 0 radical (unpaired) electrons. The van der Waals surface area contributed by atoms with Crippen molar-refractivity contribution in [1.29, 1.82) is 0 Å². The van der Waals surface area contributed by atoms with Crippen molar-refractivity contribution in [3.63, 3.8) is 0 Å². The fraction of sp³-hybridized carbons (Fsp3) is 0.692. The fourth-order valence-corrected chi connectivity index (χ4v) is 2.43. The lowest BCUT2D eigenvalue weighted by Gasteiger charge is -2.31. The van der Waals surface area contributed by atoms with Crippen molar-refractivity contribution in [1.82, 2.24) is 19.8 Å². The molecular weight excluding hydrogens is 228 g/mol. The molecule has 2 heterocycles. The van der Waals surface area contributed by atoms with E-state index in [4.69, 9.17) is 0 Å². The topological polar surface area (TPSA) is 50.2 Å². The second-order valence-electron chi connectivity index (χ2n) is 4.83. The maximum atomic E-state index is 11.2. The zero-order valence-corrected chi connectivity index (χ0v) is 11.2. The summed E-state index contributed by atoms with van der Waals surface area (Å²) in [5.41, 5.74) is 1.23. The Labute approximate surface area is 108 Å². The molecule has 5 heteroatoms. The monoisotopic (exact) mass is 250 g/mol. The van der Waals surface area contributed by atoms with Crippen molar-refractivity contribution < 1.29 is 4.79 Å². The molecule has 1 N–H and O–H groups in total. The highest BCUT2D eigenvalue weighted by atomic mass is 16.2. The predicted octanol–water partition coefficient (Wildman–Crippen LogP) is 1.00. The maximum absolute atomic E-state index is 11.2. The van der Waals surface area contributed by atoms with Crippen molar-refractivity contribution in [3.8, 4) is 0 Å². The van der Waals surface area contributed by atoms with Crippen molar-refractivity contribution in [3.05, 3.63) is 18.2 Å². The van der Waals surface area contributed by atoms with E-state index < -0.39 is 0 Å². The number of imidazole rings is 1. The molecule has 1 aromatic rings. The third kappa shape index (κ3) is 3.10. The minimum Gasteiger partial charge on any atom is -0.343 e.